The number of nitrogens with zero attached hydrogens (tertiary/aromatic N) is 2. The summed E-state index contributed by atoms with van der Waals surface area (Å²) in [5.41, 5.74) is 19.5. The Kier molecular flexibility index (Phi) is 10.8. The van der Waals surface area contributed by atoms with Crippen LogP contribution in [0.2, 0.25) is 0 Å². The molecule has 0 amide bonds. The van der Waals surface area contributed by atoms with Crippen LogP contribution in [0.25, 0.3) is 0 Å². The molecule has 3 aromatic carbocycles. The molecule has 0 radical (unpaired) electrons. The SMILES string of the molecule is C=C(/C=C(\CC)C(C)(C)CCCC)C1=C(SC)B2c3cc(CC)c(C)cc3N(c3ccc4c(c3)C(C)(C)CCC4(C)C)c3cc(C(C)(C)C)cc(c32)N1C. The van der Waals surface area contributed by atoms with Gasteiger partial charge in [0.1, 0.15) is 0 Å². The first-order valence-corrected chi connectivity index (χ1v) is 22.1. The van der Waals surface area contributed by atoms with Gasteiger partial charge >= 0.3 is 0 Å². The molecule has 0 spiro atoms. The molecule has 2 heterocycles. The smallest absolute Gasteiger partial charge is 0.259 e. The number of benzene rings is 3. The van der Waals surface area contributed by atoms with Gasteiger partial charge < -0.3 is 9.80 Å². The van der Waals surface area contributed by atoms with Gasteiger partial charge in [-0.25, -0.2) is 0 Å². The first kappa shape index (κ1) is 40.6. The van der Waals surface area contributed by atoms with Crippen molar-refractivity contribution in [2.24, 2.45) is 5.41 Å². The molecule has 0 fully saturated rings. The van der Waals surface area contributed by atoms with Gasteiger partial charge in [0.2, 0.25) is 0 Å². The summed E-state index contributed by atoms with van der Waals surface area (Å²) in [6, 6.07) is 17.5. The second-order valence-electron chi connectivity index (χ2n) is 19.6. The van der Waals surface area contributed by atoms with Crippen molar-refractivity contribution in [2.45, 2.75) is 151 Å². The molecule has 0 aromatic heterocycles. The lowest BCUT2D eigenvalue weighted by molar-refractivity contribution is 0.332. The van der Waals surface area contributed by atoms with Gasteiger partial charge in [0.15, 0.2) is 0 Å². The fourth-order valence-corrected chi connectivity index (χ4v) is 10.7. The highest BCUT2D eigenvalue weighted by Gasteiger charge is 2.45. The molecule has 0 atom stereocenters. The predicted octanol–water partition coefficient (Wildman–Crippen LogP) is 13.3. The summed E-state index contributed by atoms with van der Waals surface area (Å²) in [5, 5.41) is 0. The van der Waals surface area contributed by atoms with Crippen LogP contribution in [-0.4, -0.2) is 20.0 Å². The maximum atomic E-state index is 4.89. The highest BCUT2D eigenvalue weighted by atomic mass is 32.2. The summed E-state index contributed by atoms with van der Waals surface area (Å²) >= 11 is 1.92. The lowest BCUT2D eigenvalue weighted by Gasteiger charge is -2.46. The van der Waals surface area contributed by atoms with Gasteiger partial charge in [-0.05, 0) is 146 Å². The Morgan fingerprint density at radius 1 is 0.889 bits per heavy atom. The van der Waals surface area contributed by atoms with Crippen LogP contribution in [0.4, 0.5) is 22.7 Å². The topological polar surface area (TPSA) is 6.48 Å². The quantitative estimate of drug-likeness (QED) is 0.151. The molecule has 54 heavy (non-hydrogen) atoms. The van der Waals surface area contributed by atoms with Crippen molar-refractivity contribution in [1.29, 1.82) is 0 Å². The summed E-state index contributed by atoms with van der Waals surface area (Å²) < 4.78 is 0. The number of fused-ring (bicyclic) bond motifs is 3. The van der Waals surface area contributed by atoms with Gasteiger partial charge in [-0.2, -0.15) is 0 Å². The first-order chi connectivity index (χ1) is 25.2. The zero-order chi connectivity index (χ0) is 39.7. The van der Waals surface area contributed by atoms with Gasteiger partial charge in [-0.3, -0.25) is 0 Å². The Morgan fingerprint density at radius 3 is 2.13 bits per heavy atom. The molecule has 0 N–H and O–H groups in total. The number of allylic oxidation sites excluding steroid dienone is 2. The molecule has 0 unspecified atom stereocenters. The predicted molar refractivity (Wildman–Crippen MR) is 244 cm³/mol. The third-order valence-corrected chi connectivity index (χ3v) is 14.4. The number of unbranched alkanes of at least 4 members (excludes halogenated alkanes) is 1. The summed E-state index contributed by atoms with van der Waals surface area (Å²) in [5.74, 6) is 0. The maximum absolute atomic E-state index is 4.89. The average Bonchev–Trinajstić information content (AvgIpc) is 3.11. The second kappa shape index (κ2) is 14.4. The number of anilines is 4. The van der Waals surface area contributed by atoms with E-state index in [4.69, 9.17) is 6.58 Å². The van der Waals surface area contributed by atoms with Crippen molar-refractivity contribution >= 4 is 52.1 Å². The number of thioether (sulfide) groups is 1. The van der Waals surface area contributed by atoms with Crippen LogP contribution >= 0.6 is 11.8 Å². The maximum Gasteiger partial charge on any atom is 0.259 e. The molecular formula is C50H69BN2S. The highest BCUT2D eigenvalue weighted by molar-refractivity contribution is 8.04. The zero-order valence-electron chi connectivity index (χ0n) is 36.7. The van der Waals surface area contributed by atoms with E-state index in [1.54, 1.807) is 0 Å². The van der Waals surface area contributed by atoms with Crippen molar-refractivity contribution in [1.82, 2.24) is 0 Å². The van der Waals surface area contributed by atoms with Crippen LogP contribution in [0.15, 0.2) is 76.8 Å². The molecule has 0 saturated carbocycles. The Labute approximate surface area is 335 Å². The summed E-state index contributed by atoms with van der Waals surface area (Å²) in [6.07, 6.45) is 12.9. The van der Waals surface area contributed by atoms with Crippen LogP contribution in [-0.2, 0) is 22.7 Å². The normalized spacial score (nSPS) is 17.8. The minimum absolute atomic E-state index is 0.0308. The fourth-order valence-electron chi connectivity index (χ4n) is 9.77. The van der Waals surface area contributed by atoms with E-state index in [-0.39, 0.29) is 28.4 Å². The van der Waals surface area contributed by atoms with Crippen molar-refractivity contribution in [3.05, 3.63) is 105 Å². The van der Waals surface area contributed by atoms with Crippen LogP contribution in [0.5, 0.6) is 0 Å². The summed E-state index contributed by atoms with van der Waals surface area (Å²) in [6.45, 7) is 36.0. The Balaban J connectivity index is 1.68. The third-order valence-electron chi connectivity index (χ3n) is 13.5. The standard InChI is InChI=1S/C50H69BN2S/c1-17-20-23-48(9,10)35(19-3)26-33(5)45-46(54-16)51-40-28-34(18-2)32(4)27-41(40)53(43-30-36(47(6,7)8)29-42(44(43)51)52(45)15)37-21-22-38-39(31-37)50(13,14)25-24-49(38,11)12/h21-22,26-31H,5,17-20,23-25H2,1-4,6-16H3/b35-26+. The van der Waals surface area contributed by atoms with E-state index in [0.29, 0.717) is 0 Å². The Hall–Kier alpha value is -3.11. The third kappa shape index (κ3) is 6.86. The number of hydrogen-bond acceptors (Lipinski definition) is 3. The average molecular weight is 741 g/mol. The highest BCUT2D eigenvalue weighted by Crippen LogP contribution is 2.51. The van der Waals surface area contributed by atoms with E-state index in [0.717, 1.165) is 18.4 Å². The van der Waals surface area contributed by atoms with E-state index in [1.807, 2.05) is 11.8 Å². The molecule has 0 saturated heterocycles. The van der Waals surface area contributed by atoms with E-state index < -0.39 is 0 Å². The van der Waals surface area contributed by atoms with Crippen molar-refractivity contribution in [3.63, 3.8) is 0 Å². The zero-order valence-corrected chi connectivity index (χ0v) is 37.5. The fraction of sp³-hybridized carbons (Fsp3) is 0.520. The van der Waals surface area contributed by atoms with Crippen molar-refractivity contribution < 1.29 is 0 Å². The molecule has 2 nitrogen and oxygen atoms in total. The molecular weight excluding hydrogens is 671 g/mol. The molecule has 0 bridgehead atoms. The molecule has 4 heteroatoms. The van der Waals surface area contributed by atoms with Crippen LogP contribution in [0, 0.1) is 12.3 Å². The van der Waals surface area contributed by atoms with Crippen LogP contribution < -0.4 is 20.7 Å². The Morgan fingerprint density at radius 2 is 1.54 bits per heavy atom. The van der Waals surface area contributed by atoms with Gasteiger partial charge in [0.05, 0.1) is 0 Å². The largest absolute Gasteiger partial charge is 0.344 e. The molecule has 6 rings (SSSR count). The second-order valence-corrected chi connectivity index (χ2v) is 20.5. The molecule has 3 aromatic rings. The van der Waals surface area contributed by atoms with Gasteiger partial charge in [0, 0.05) is 35.5 Å². The van der Waals surface area contributed by atoms with Gasteiger partial charge in [-0.1, -0.05) is 126 Å². The van der Waals surface area contributed by atoms with Gasteiger partial charge in [0.25, 0.3) is 6.71 Å². The number of aryl methyl sites for hydroxylation is 2. The summed E-state index contributed by atoms with van der Waals surface area (Å²) in [7, 11) is 2.30. The van der Waals surface area contributed by atoms with Crippen LogP contribution in [0.1, 0.15) is 149 Å². The van der Waals surface area contributed by atoms with Crippen LogP contribution in [0.3, 0.4) is 0 Å². The molecule has 3 aliphatic rings. The first-order valence-electron chi connectivity index (χ1n) is 20.9. The van der Waals surface area contributed by atoms with Crippen molar-refractivity contribution in [2.75, 3.05) is 23.1 Å². The number of hydrogen-bond donors (Lipinski definition) is 0. The van der Waals surface area contributed by atoms with E-state index in [1.165, 1.54) is 110 Å². The number of likely N-dealkylation sites (N-methyl/N-ethyl adjacent to an activating group) is 1. The molecule has 2 aliphatic heterocycles. The van der Waals surface area contributed by atoms with Crippen molar-refractivity contribution in [3.8, 4) is 0 Å². The lowest BCUT2D eigenvalue weighted by atomic mass is 9.36. The van der Waals surface area contributed by atoms with E-state index in [9.17, 15) is 0 Å². The minimum atomic E-state index is -0.0308. The summed E-state index contributed by atoms with van der Waals surface area (Å²) in [4.78, 5) is 6.54. The van der Waals surface area contributed by atoms with Gasteiger partial charge in [-0.15, -0.1) is 11.8 Å². The van der Waals surface area contributed by atoms with E-state index in [2.05, 4.69) is 162 Å². The molecule has 1 aliphatic carbocycles. The molecule has 288 valence electrons. The minimum Gasteiger partial charge on any atom is -0.344 e. The monoisotopic (exact) mass is 741 g/mol. The number of rotatable bonds is 10. The van der Waals surface area contributed by atoms with E-state index >= 15 is 0 Å². The Bertz CT molecular complexity index is 2030. The lowest BCUT2D eigenvalue weighted by Crippen LogP contribution is -2.56.